The van der Waals surface area contributed by atoms with E-state index in [2.05, 4.69) is 16.0 Å². The van der Waals surface area contributed by atoms with Crippen molar-refractivity contribution >= 4 is 23.6 Å². The summed E-state index contributed by atoms with van der Waals surface area (Å²) in [4.78, 5) is 41.6. The van der Waals surface area contributed by atoms with Gasteiger partial charge in [-0.25, -0.2) is 0 Å². The molecule has 40 heavy (non-hydrogen) atoms. The van der Waals surface area contributed by atoms with E-state index in [0.29, 0.717) is 44.1 Å². The van der Waals surface area contributed by atoms with E-state index < -0.39 is 18.0 Å². The fraction of sp³-hybridized carbons (Fsp3) is 0.467. The fourth-order valence-corrected chi connectivity index (χ4v) is 4.93. The zero-order valence-electron chi connectivity index (χ0n) is 23.2. The Bertz CT molecular complexity index is 1210. The van der Waals surface area contributed by atoms with Gasteiger partial charge in [-0.2, -0.15) is 0 Å². The number of fused-ring (bicyclic) bond motifs is 1. The van der Waals surface area contributed by atoms with Crippen LogP contribution in [-0.4, -0.2) is 73.8 Å². The highest BCUT2D eigenvalue weighted by Crippen LogP contribution is 2.37. The predicted molar refractivity (Wildman–Crippen MR) is 153 cm³/mol. The fourth-order valence-electron chi connectivity index (χ4n) is 4.93. The molecule has 6 N–H and O–H groups in total. The van der Waals surface area contributed by atoms with Gasteiger partial charge in [-0.15, -0.1) is 0 Å². The summed E-state index contributed by atoms with van der Waals surface area (Å²) in [5.41, 5.74) is 7.94. The van der Waals surface area contributed by atoms with Gasteiger partial charge in [0.1, 0.15) is 30.3 Å². The van der Waals surface area contributed by atoms with E-state index in [1.54, 1.807) is 38.2 Å². The van der Waals surface area contributed by atoms with E-state index in [0.717, 1.165) is 29.7 Å². The zero-order valence-corrected chi connectivity index (χ0v) is 23.2. The molecule has 0 spiro atoms. The summed E-state index contributed by atoms with van der Waals surface area (Å²) in [6.45, 7) is 3.62. The quantitative estimate of drug-likeness (QED) is 0.286. The normalized spacial score (nSPS) is 23.6. The number of para-hydroxylation sites is 1. The highest BCUT2D eigenvalue weighted by atomic mass is 16.5. The Morgan fingerprint density at radius 2 is 1.77 bits per heavy atom. The predicted octanol–water partition coefficient (Wildman–Crippen LogP) is 1.21. The number of rotatable bonds is 4. The summed E-state index contributed by atoms with van der Waals surface area (Å²) < 4.78 is 6.03. The Balaban J connectivity index is 1.55. The molecule has 10 nitrogen and oxygen atoms in total. The molecule has 0 saturated heterocycles. The summed E-state index contributed by atoms with van der Waals surface area (Å²) in [6.07, 6.45) is 2.82. The number of nitrogens with zero attached hydrogens (tertiary/aromatic N) is 1. The lowest BCUT2D eigenvalue weighted by Gasteiger charge is -2.30. The van der Waals surface area contributed by atoms with Gasteiger partial charge >= 0.3 is 0 Å². The van der Waals surface area contributed by atoms with E-state index in [1.165, 1.54) is 4.90 Å². The molecule has 4 rings (SSSR count). The van der Waals surface area contributed by atoms with E-state index >= 15 is 0 Å². The van der Waals surface area contributed by atoms with Crippen molar-refractivity contribution in [1.82, 2.24) is 20.9 Å². The first-order chi connectivity index (χ1) is 19.2. The Labute approximate surface area is 235 Å². The lowest BCUT2D eigenvalue weighted by Crippen LogP contribution is -2.55. The molecule has 3 unspecified atom stereocenters. The minimum Gasteiger partial charge on any atom is -0.492 e. The molecule has 1 heterocycles. The summed E-state index contributed by atoms with van der Waals surface area (Å²) >= 11 is 0. The summed E-state index contributed by atoms with van der Waals surface area (Å²) in [7, 11) is 1.65. The second-order valence-electron chi connectivity index (χ2n) is 10.6. The number of carbonyl (C=O) groups excluding carboxylic acids is 3. The number of amidine groups is 1. The van der Waals surface area contributed by atoms with E-state index in [9.17, 15) is 14.4 Å². The van der Waals surface area contributed by atoms with Crippen LogP contribution in [0, 0.1) is 17.2 Å². The molecule has 0 radical (unpaired) electrons. The number of nitrogens with two attached hydrogens (primary N) is 1. The third-order valence-corrected chi connectivity index (χ3v) is 7.72. The van der Waals surface area contributed by atoms with E-state index in [1.807, 2.05) is 24.3 Å². The minimum absolute atomic E-state index is 0.0423. The monoisotopic (exact) mass is 548 g/mol. The van der Waals surface area contributed by atoms with Crippen LogP contribution in [0.5, 0.6) is 5.75 Å². The van der Waals surface area contributed by atoms with Gasteiger partial charge in [0, 0.05) is 38.7 Å². The molecule has 10 heteroatoms. The van der Waals surface area contributed by atoms with Crippen LogP contribution in [0.4, 0.5) is 0 Å². The van der Waals surface area contributed by atoms with Crippen molar-refractivity contribution in [3.8, 4) is 5.75 Å². The number of benzene rings is 2. The molecule has 0 aromatic heterocycles. The van der Waals surface area contributed by atoms with Crippen molar-refractivity contribution in [2.75, 3.05) is 33.3 Å². The molecule has 214 valence electrons. The van der Waals surface area contributed by atoms with Gasteiger partial charge in [-0.1, -0.05) is 42.5 Å². The van der Waals surface area contributed by atoms with E-state index in [4.69, 9.17) is 15.9 Å². The number of amides is 3. The standard InChI is InChI=1S/C30H40N6O4/c1-19-28(37)35-25(17-20-7-9-23(10-8-20)27(31)32)29(38)34-14-13-22-5-3-4-6-26(22)40-16-15-33-18-24(21-11-12-21)30(39)36(19)2/h3-10,19,21,24-25,33H,11-18H2,1-2H3,(H3,31,32)(H,34,38)(H,35,37). The molecule has 1 saturated carbocycles. The van der Waals surface area contributed by atoms with Crippen LogP contribution in [0.15, 0.2) is 48.5 Å². The first-order valence-corrected chi connectivity index (χ1v) is 13.9. The SMILES string of the molecule is CC1C(=O)NC(Cc2ccc(C(=N)N)cc2)C(=O)NCCc2ccccc2OCCNCC(C2CC2)C(=O)N1C. The van der Waals surface area contributed by atoms with Gasteiger partial charge < -0.3 is 31.3 Å². The minimum atomic E-state index is -0.854. The molecule has 2 aromatic carbocycles. The lowest BCUT2D eigenvalue weighted by molar-refractivity contribution is -0.142. The maximum Gasteiger partial charge on any atom is 0.243 e. The van der Waals surface area contributed by atoms with Gasteiger partial charge in [0.2, 0.25) is 17.7 Å². The van der Waals surface area contributed by atoms with Crippen molar-refractivity contribution in [2.24, 2.45) is 17.6 Å². The number of nitrogens with one attached hydrogen (secondary N) is 4. The van der Waals surface area contributed by atoms with Crippen LogP contribution in [0.2, 0.25) is 0 Å². The maximum absolute atomic E-state index is 13.4. The maximum atomic E-state index is 13.4. The van der Waals surface area contributed by atoms with Crippen molar-refractivity contribution in [2.45, 2.75) is 44.7 Å². The van der Waals surface area contributed by atoms with Gasteiger partial charge in [-0.05, 0) is 49.3 Å². The average molecular weight is 549 g/mol. The Morgan fingerprint density at radius 3 is 2.48 bits per heavy atom. The van der Waals surface area contributed by atoms with Gasteiger partial charge in [0.15, 0.2) is 0 Å². The van der Waals surface area contributed by atoms with Crippen LogP contribution in [0.25, 0.3) is 0 Å². The third-order valence-electron chi connectivity index (χ3n) is 7.72. The third kappa shape index (κ3) is 7.59. The van der Waals surface area contributed by atoms with Crippen molar-refractivity contribution in [1.29, 1.82) is 5.41 Å². The van der Waals surface area contributed by atoms with Crippen molar-refractivity contribution in [3.05, 3.63) is 65.2 Å². The van der Waals surface area contributed by atoms with Crippen molar-refractivity contribution in [3.63, 3.8) is 0 Å². The second kappa shape index (κ2) is 13.4. The number of likely N-dealkylation sites (N-methyl/N-ethyl adjacent to an activating group) is 1. The van der Waals surface area contributed by atoms with Crippen LogP contribution in [-0.2, 0) is 27.2 Å². The van der Waals surface area contributed by atoms with E-state index in [-0.39, 0.29) is 30.0 Å². The van der Waals surface area contributed by atoms with Crippen LogP contribution in [0.1, 0.15) is 36.5 Å². The lowest BCUT2D eigenvalue weighted by atomic mass is 10.0. The Kier molecular flexibility index (Phi) is 9.76. The van der Waals surface area contributed by atoms with Gasteiger partial charge in [0.25, 0.3) is 0 Å². The van der Waals surface area contributed by atoms with Crippen LogP contribution < -0.4 is 26.4 Å². The smallest absolute Gasteiger partial charge is 0.243 e. The number of hydrogen-bond donors (Lipinski definition) is 5. The first-order valence-electron chi connectivity index (χ1n) is 13.9. The molecule has 2 aliphatic rings. The molecule has 3 amide bonds. The zero-order chi connectivity index (χ0) is 28.6. The highest BCUT2D eigenvalue weighted by Gasteiger charge is 2.39. The van der Waals surface area contributed by atoms with Gasteiger partial charge in [-0.3, -0.25) is 19.8 Å². The Morgan fingerprint density at radius 1 is 1.05 bits per heavy atom. The number of nitrogen functional groups attached to an aromatic ring is 1. The summed E-state index contributed by atoms with van der Waals surface area (Å²) in [5.74, 6) is 0.0267. The average Bonchev–Trinajstić information content (AvgIpc) is 3.79. The van der Waals surface area contributed by atoms with Crippen molar-refractivity contribution < 1.29 is 19.1 Å². The molecule has 1 fully saturated rings. The molecule has 1 aliphatic carbocycles. The summed E-state index contributed by atoms with van der Waals surface area (Å²) in [6, 6.07) is 13.2. The molecule has 0 bridgehead atoms. The molecule has 3 atom stereocenters. The largest absolute Gasteiger partial charge is 0.492 e. The first kappa shape index (κ1) is 29.1. The van der Waals surface area contributed by atoms with Crippen LogP contribution in [0.3, 0.4) is 0 Å². The molecular weight excluding hydrogens is 508 g/mol. The molecule has 2 aromatic rings. The number of hydrogen-bond acceptors (Lipinski definition) is 6. The number of carbonyl (C=O) groups is 3. The summed E-state index contributed by atoms with van der Waals surface area (Å²) in [5, 5.41) is 16.8. The topological polar surface area (TPSA) is 150 Å². The Hall–Kier alpha value is -3.92. The molecule has 1 aliphatic heterocycles. The number of ether oxygens (including phenoxy) is 1. The second-order valence-corrected chi connectivity index (χ2v) is 10.6. The molecular formula is C30H40N6O4. The highest BCUT2D eigenvalue weighted by molar-refractivity contribution is 5.95. The van der Waals surface area contributed by atoms with Crippen LogP contribution >= 0.6 is 0 Å². The van der Waals surface area contributed by atoms with Gasteiger partial charge in [0.05, 0.1) is 5.92 Å².